The normalized spacial score (nSPS) is 29.1. The fourth-order valence-electron chi connectivity index (χ4n) is 2.30. The predicted molar refractivity (Wildman–Crippen MR) is 62.7 cm³/mol. The Kier molecular flexibility index (Phi) is 4.35. The van der Waals surface area contributed by atoms with Gasteiger partial charge in [-0.2, -0.15) is 0 Å². The molecule has 0 spiro atoms. The molecule has 0 fully saturated rings. The third-order valence-electron chi connectivity index (χ3n) is 3.27. The minimum Gasteiger partial charge on any atom is -0.393 e. The van der Waals surface area contributed by atoms with E-state index in [9.17, 15) is 0 Å². The molecule has 1 aliphatic carbocycles. The Hall–Kier alpha value is -0.340. The number of aliphatic hydroxyl groups excluding tert-OH is 1. The topological polar surface area (TPSA) is 29.5 Å². The molecule has 0 bridgehead atoms. The Bertz CT molecular complexity index is 221. The van der Waals surface area contributed by atoms with Gasteiger partial charge in [-0.05, 0) is 45.4 Å². The van der Waals surface area contributed by atoms with Crippen LogP contribution in [0.5, 0.6) is 0 Å². The molecule has 0 heterocycles. The summed E-state index contributed by atoms with van der Waals surface area (Å²) in [5.74, 6) is 1.17. The minimum absolute atomic E-state index is 0.0777. The zero-order valence-corrected chi connectivity index (χ0v) is 10.4. The van der Waals surface area contributed by atoms with E-state index >= 15 is 0 Å². The lowest BCUT2D eigenvalue weighted by atomic mass is 9.81. The van der Waals surface area contributed by atoms with Gasteiger partial charge in [0.05, 0.1) is 18.3 Å². The SMILES string of the molecule is CC1C=CCCC1C(C)OC(C)(C)CO. The Morgan fingerprint density at radius 2 is 2.20 bits per heavy atom. The van der Waals surface area contributed by atoms with Crippen LogP contribution < -0.4 is 0 Å². The lowest BCUT2D eigenvalue weighted by molar-refractivity contribution is -0.116. The molecule has 0 amide bonds. The van der Waals surface area contributed by atoms with Crippen LogP contribution >= 0.6 is 0 Å². The van der Waals surface area contributed by atoms with Crippen molar-refractivity contribution in [3.63, 3.8) is 0 Å². The number of hydrogen-bond donors (Lipinski definition) is 1. The van der Waals surface area contributed by atoms with E-state index in [1.807, 2.05) is 13.8 Å². The quantitative estimate of drug-likeness (QED) is 0.726. The van der Waals surface area contributed by atoms with E-state index in [4.69, 9.17) is 9.84 Å². The molecule has 2 heteroatoms. The molecule has 2 nitrogen and oxygen atoms in total. The summed E-state index contributed by atoms with van der Waals surface area (Å²) in [4.78, 5) is 0. The van der Waals surface area contributed by atoms with Gasteiger partial charge in [-0.25, -0.2) is 0 Å². The fourth-order valence-corrected chi connectivity index (χ4v) is 2.30. The number of hydrogen-bond acceptors (Lipinski definition) is 2. The molecule has 0 aliphatic heterocycles. The Morgan fingerprint density at radius 3 is 2.73 bits per heavy atom. The summed E-state index contributed by atoms with van der Waals surface area (Å²) in [6, 6.07) is 0. The largest absolute Gasteiger partial charge is 0.393 e. The maximum atomic E-state index is 9.17. The molecule has 0 aromatic carbocycles. The molecule has 3 unspecified atom stereocenters. The molecule has 88 valence electrons. The van der Waals surface area contributed by atoms with Crippen molar-refractivity contribution in [3.05, 3.63) is 12.2 Å². The van der Waals surface area contributed by atoms with E-state index in [0.717, 1.165) is 6.42 Å². The summed E-state index contributed by atoms with van der Waals surface area (Å²) < 4.78 is 5.91. The zero-order valence-electron chi connectivity index (χ0n) is 10.4. The first kappa shape index (κ1) is 12.7. The van der Waals surface area contributed by atoms with Crippen LogP contribution in [0.15, 0.2) is 12.2 Å². The van der Waals surface area contributed by atoms with Gasteiger partial charge in [-0.3, -0.25) is 0 Å². The van der Waals surface area contributed by atoms with Crippen molar-refractivity contribution in [1.82, 2.24) is 0 Å². The average Bonchev–Trinajstić information content (AvgIpc) is 2.17. The van der Waals surface area contributed by atoms with Gasteiger partial charge in [0.2, 0.25) is 0 Å². The zero-order chi connectivity index (χ0) is 11.5. The van der Waals surface area contributed by atoms with Gasteiger partial charge in [0.15, 0.2) is 0 Å². The third-order valence-corrected chi connectivity index (χ3v) is 3.27. The fraction of sp³-hybridized carbons (Fsp3) is 0.846. The molecule has 15 heavy (non-hydrogen) atoms. The van der Waals surface area contributed by atoms with Gasteiger partial charge in [-0.15, -0.1) is 0 Å². The molecule has 0 saturated carbocycles. The van der Waals surface area contributed by atoms with Crippen molar-refractivity contribution in [2.24, 2.45) is 11.8 Å². The third kappa shape index (κ3) is 3.62. The van der Waals surface area contributed by atoms with Gasteiger partial charge in [0.1, 0.15) is 0 Å². The summed E-state index contributed by atoms with van der Waals surface area (Å²) in [6.07, 6.45) is 7.10. The van der Waals surface area contributed by atoms with Crippen molar-refractivity contribution in [1.29, 1.82) is 0 Å². The average molecular weight is 212 g/mol. The first-order valence-corrected chi connectivity index (χ1v) is 5.91. The lowest BCUT2D eigenvalue weighted by Gasteiger charge is -2.35. The predicted octanol–water partition coefficient (Wildman–Crippen LogP) is 2.76. The van der Waals surface area contributed by atoms with Gasteiger partial charge in [0.25, 0.3) is 0 Å². The second-order valence-corrected chi connectivity index (χ2v) is 5.27. The second kappa shape index (κ2) is 5.13. The van der Waals surface area contributed by atoms with E-state index in [-0.39, 0.29) is 12.7 Å². The maximum Gasteiger partial charge on any atom is 0.0859 e. The highest BCUT2D eigenvalue weighted by Gasteiger charge is 2.29. The smallest absolute Gasteiger partial charge is 0.0859 e. The van der Waals surface area contributed by atoms with Crippen LogP contribution in [-0.4, -0.2) is 23.4 Å². The van der Waals surface area contributed by atoms with Crippen LogP contribution in [0.1, 0.15) is 40.5 Å². The molecule has 1 rings (SSSR count). The molecule has 1 aliphatic rings. The van der Waals surface area contributed by atoms with Crippen molar-refractivity contribution in [2.45, 2.75) is 52.2 Å². The highest BCUT2D eigenvalue weighted by molar-refractivity contribution is 4.97. The second-order valence-electron chi connectivity index (χ2n) is 5.27. The standard InChI is InChI=1S/C13H24O2/c1-10-7-5-6-8-12(10)11(2)15-13(3,4)9-14/h5,7,10-12,14H,6,8-9H2,1-4H3. The number of allylic oxidation sites excluding steroid dienone is 2. The van der Waals surface area contributed by atoms with Crippen LogP contribution in [0.4, 0.5) is 0 Å². The van der Waals surface area contributed by atoms with Crippen LogP contribution in [0.3, 0.4) is 0 Å². The summed E-state index contributed by atoms with van der Waals surface area (Å²) in [6.45, 7) is 8.32. The summed E-state index contributed by atoms with van der Waals surface area (Å²) in [7, 11) is 0. The summed E-state index contributed by atoms with van der Waals surface area (Å²) >= 11 is 0. The minimum atomic E-state index is -0.416. The summed E-state index contributed by atoms with van der Waals surface area (Å²) in [5.41, 5.74) is -0.416. The van der Waals surface area contributed by atoms with Crippen LogP contribution in [0, 0.1) is 11.8 Å². The van der Waals surface area contributed by atoms with Crippen molar-refractivity contribution >= 4 is 0 Å². The van der Waals surface area contributed by atoms with Crippen molar-refractivity contribution in [2.75, 3.05) is 6.61 Å². The molecule has 3 atom stereocenters. The first-order valence-electron chi connectivity index (χ1n) is 5.91. The molecule has 1 N–H and O–H groups in total. The van der Waals surface area contributed by atoms with E-state index in [1.54, 1.807) is 0 Å². The van der Waals surface area contributed by atoms with E-state index < -0.39 is 5.60 Å². The molecular weight excluding hydrogens is 188 g/mol. The van der Waals surface area contributed by atoms with Crippen LogP contribution in [0.2, 0.25) is 0 Å². The first-order chi connectivity index (χ1) is 6.96. The van der Waals surface area contributed by atoms with E-state index in [0.29, 0.717) is 11.8 Å². The number of ether oxygens (including phenoxy) is 1. The highest BCUT2D eigenvalue weighted by atomic mass is 16.5. The Morgan fingerprint density at radius 1 is 1.53 bits per heavy atom. The molecule has 0 radical (unpaired) electrons. The maximum absolute atomic E-state index is 9.17. The molecule has 0 aromatic heterocycles. The van der Waals surface area contributed by atoms with E-state index in [2.05, 4.69) is 26.0 Å². The monoisotopic (exact) mass is 212 g/mol. The van der Waals surface area contributed by atoms with Crippen LogP contribution in [0.25, 0.3) is 0 Å². The highest BCUT2D eigenvalue weighted by Crippen LogP contribution is 2.30. The van der Waals surface area contributed by atoms with Gasteiger partial charge < -0.3 is 9.84 Å². The van der Waals surface area contributed by atoms with Gasteiger partial charge >= 0.3 is 0 Å². The van der Waals surface area contributed by atoms with E-state index in [1.165, 1.54) is 6.42 Å². The molecule has 0 saturated heterocycles. The van der Waals surface area contributed by atoms with Gasteiger partial charge in [0, 0.05) is 0 Å². The molecular formula is C13H24O2. The lowest BCUT2D eigenvalue weighted by Crippen LogP contribution is -2.38. The number of aliphatic hydroxyl groups is 1. The van der Waals surface area contributed by atoms with Crippen molar-refractivity contribution in [3.8, 4) is 0 Å². The van der Waals surface area contributed by atoms with Crippen LogP contribution in [-0.2, 0) is 4.74 Å². The van der Waals surface area contributed by atoms with Gasteiger partial charge in [-0.1, -0.05) is 19.1 Å². The van der Waals surface area contributed by atoms with Crippen molar-refractivity contribution < 1.29 is 9.84 Å². The number of rotatable bonds is 4. The Labute approximate surface area is 93.3 Å². The summed E-state index contributed by atoms with van der Waals surface area (Å²) in [5, 5.41) is 9.17. The Balaban J connectivity index is 2.53. The molecule has 0 aromatic rings.